The molecule has 62 heavy (non-hydrogen) atoms. The highest BCUT2D eigenvalue weighted by Gasteiger charge is 2.46. The molecule has 4 aromatic rings. The minimum atomic E-state index is -3.28. The first kappa shape index (κ1) is 51.8. The second-order valence-electron chi connectivity index (χ2n) is 18.4. The first-order chi connectivity index (χ1) is 28.8. The van der Waals surface area contributed by atoms with Crippen LogP contribution in [-0.2, 0) is 24.5 Å². The Bertz CT molecular complexity index is 2020. The summed E-state index contributed by atoms with van der Waals surface area (Å²) < 4.78 is 36.9. The molecule has 6 rings (SSSR count). The van der Waals surface area contributed by atoms with E-state index in [2.05, 4.69) is 115 Å². The number of fused-ring (bicyclic) bond motifs is 3. The van der Waals surface area contributed by atoms with Crippen LogP contribution in [0.2, 0.25) is 0 Å². The second-order valence-corrected chi connectivity index (χ2v) is 20.0. The lowest BCUT2D eigenvalue weighted by Gasteiger charge is -2.34. The van der Waals surface area contributed by atoms with E-state index in [4.69, 9.17) is 14.6 Å². The molecule has 4 aromatic carbocycles. The number of hydrogen-bond donors (Lipinski definition) is 4. The van der Waals surface area contributed by atoms with Crippen molar-refractivity contribution in [1.29, 1.82) is 0 Å². The zero-order valence-electron chi connectivity index (χ0n) is 38.6. The number of aliphatic hydroxyl groups excluding tert-OH is 3. The van der Waals surface area contributed by atoms with Gasteiger partial charge in [0.15, 0.2) is 0 Å². The number of nitrogens with one attached hydrogen (secondary N) is 1. The second kappa shape index (κ2) is 22.2. The summed E-state index contributed by atoms with van der Waals surface area (Å²) in [6, 6.07) is 33.2. The fourth-order valence-electron chi connectivity index (χ4n) is 6.78. The van der Waals surface area contributed by atoms with E-state index in [1.54, 1.807) is 20.8 Å². The Morgan fingerprint density at radius 3 is 1.45 bits per heavy atom. The molecule has 2 atom stereocenters. The van der Waals surface area contributed by atoms with Crippen LogP contribution in [0, 0.1) is 0 Å². The van der Waals surface area contributed by atoms with Crippen molar-refractivity contribution in [1.82, 2.24) is 10.2 Å². The monoisotopic (exact) mass is 874 g/mol. The molecule has 12 heteroatoms. The molecule has 0 radical (unpaired) electrons. The number of benzene rings is 4. The number of nitrogens with zero attached hydrogens (tertiary/aromatic N) is 1. The lowest BCUT2D eigenvalue weighted by molar-refractivity contribution is -0.117. The Hall–Kier alpha value is -4.56. The summed E-state index contributed by atoms with van der Waals surface area (Å²) in [7, 11) is -3.28. The third-order valence-corrected chi connectivity index (χ3v) is 10.4. The third kappa shape index (κ3) is 16.0. The quantitative estimate of drug-likeness (QED) is 0.0553. The van der Waals surface area contributed by atoms with Gasteiger partial charge in [0.2, 0.25) is 5.91 Å². The molecule has 1 fully saturated rings. The Labute approximate surface area is 370 Å². The number of ether oxygens (including phenoxy) is 2. The lowest BCUT2D eigenvalue weighted by atomic mass is 9.68. The van der Waals surface area contributed by atoms with Crippen LogP contribution in [0.4, 0.5) is 0 Å². The third-order valence-electron chi connectivity index (χ3n) is 9.57. The average Bonchev–Trinajstić information content (AvgIpc) is 4.02. The van der Waals surface area contributed by atoms with Gasteiger partial charge in [-0.2, -0.15) is 8.42 Å². The Balaban J connectivity index is 0.000000331. The van der Waals surface area contributed by atoms with E-state index < -0.39 is 33.3 Å². The predicted octanol–water partition coefficient (Wildman–Crippen LogP) is 7.88. The highest BCUT2D eigenvalue weighted by molar-refractivity contribution is 7.86. The van der Waals surface area contributed by atoms with Gasteiger partial charge < -0.3 is 30.1 Å². The van der Waals surface area contributed by atoms with Crippen molar-refractivity contribution in [3.05, 3.63) is 132 Å². The highest BCUT2D eigenvalue weighted by atomic mass is 32.2. The summed E-state index contributed by atoms with van der Waals surface area (Å²) in [5, 5.41) is 31.4. The summed E-state index contributed by atoms with van der Waals surface area (Å²) in [5.41, 5.74) is 6.17. The molecule has 340 valence electrons. The van der Waals surface area contributed by atoms with E-state index in [1.807, 2.05) is 52.0 Å². The van der Waals surface area contributed by atoms with E-state index >= 15 is 0 Å². The SMILES string of the molecule is C=CC(=O)NC(C)(C)C.CC(C)(C)N1CC1.CC(C)(C)OS(C)(=O)=O.CCC(O)COc1ccc(C2(c3ccc(OCC(O)CO)cc3)c3ccccc3-c3ccccc32)cc1. The molecule has 0 spiro atoms. The topological polar surface area (TPSA) is 155 Å². The zero-order valence-corrected chi connectivity index (χ0v) is 39.4. The van der Waals surface area contributed by atoms with Gasteiger partial charge in [0.05, 0.1) is 30.0 Å². The van der Waals surface area contributed by atoms with Crippen molar-refractivity contribution >= 4 is 16.0 Å². The summed E-state index contributed by atoms with van der Waals surface area (Å²) >= 11 is 0. The minimum Gasteiger partial charge on any atom is -0.491 e. The molecule has 11 nitrogen and oxygen atoms in total. The normalized spacial score (nSPS) is 15.0. The molecule has 1 saturated heterocycles. The Morgan fingerprint density at radius 1 is 0.758 bits per heavy atom. The van der Waals surface area contributed by atoms with Crippen molar-refractivity contribution in [2.24, 2.45) is 0 Å². The van der Waals surface area contributed by atoms with Gasteiger partial charge >= 0.3 is 0 Å². The molecule has 0 aromatic heterocycles. The molecular weight excluding hydrogens is 805 g/mol. The maximum absolute atomic E-state index is 10.6. The Morgan fingerprint density at radius 2 is 1.18 bits per heavy atom. The van der Waals surface area contributed by atoms with Gasteiger partial charge in [0.1, 0.15) is 30.8 Å². The van der Waals surface area contributed by atoms with Gasteiger partial charge in [0, 0.05) is 24.2 Å². The predicted molar refractivity (Wildman–Crippen MR) is 249 cm³/mol. The van der Waals surface area contributed by atoms with Gasteiger partial charge in [-0.25, -0.2) is 0 Å². The molecule has 1 aliphatic carbocycles. The summed E-state index contributed by atoms with van der Waals surface area (Å²) in [5.74, 6) is 1.23. The first-order valence-corrected chi connectivity index (χ1v) is 22.9. The van der Waals surface area contributed by atoms with E-state index in [0.29, 0.717) is 17.7 Å². The molecular formula is C50H70N2O9S. The largest absolute Gasteiger partial charge is 0.491 e. The standard InChI is InChI=1S/C32H32O5.C7H13NO.C6H13N.C5H12O3S/c1-2-24(34)20-36-26-15-11-22(12-16-26)32(23-13-17-27(18-14-23)37-21-25(35)19-33)30-9-5-3-7-28(30)29-8-4-6-10-31(29)32;1-5-6(9)8-7(2,3)4;1-6(2,3)7-4-5-7;1-5(2,3)8-9(4,6)7/h3-18,24-25,33-35H,2,19-21H2,1H3;5H,1H2,2-4H3,(H,8,9);4-5H2,1-3H3;1-4H3. The van der Waals surface area contributed by atoms with Crippen molar-refractivity contribution in [2.75, 3.05) is 39.2 Å². The average molecular weight is 875 g/mol. The van der Waals surface area contributed by atoms with E-state index in [0.717, 1.165) is 23.1 Å². The fraction of sp³-hybridized carbons (Fsp3) is 0.460. The van der Waals surface area contributed by atoms with Crippen LogP contribution in [0.15, 0.2) is 110 Å². The van der Waals surface area contributed by atoms with E-state index in [-0.39, 0.29) is 31.3 Å². The molecule has 2 aliphatic rings. The molecule has 0 bridgehead atoms. The molecule has 1 aliphatic heterocycles. The van der Waals surface area contributed by atoms with Crippen LogP contribution >= 0.6 is 0 Å². The summed E-state index contributed by atoms with van der Waals surface area (Å²) in [4.78, 5) is 13.0. The molecule has 2 unspecified atom stereocenters. The van der Waals surface area contributed by atoms with Crippen LogP contribution < -0.4 is 14.8 Å². The van der Waals surface area contributed by atoms with Gasteiger partial charge in [0.25, 0.3) is 10.1 Å². The van der Waals surface area contributed by atoms with Crippen LogP contribution in [0.5, 0.6) is 11.5 Å². The number of carbonyl (C=O) groups excluding carboxylic acids is 1. The zero-order chi connectivity index (χ0) is 46.5. The number of hydrogen-bond acceptors (Lipinski definition) is 10. The van der Waals surface area contributed by atoms with Crippen molar-refractivity contribution < 1.29 is 42.2 Å². The number of amides is 1. The number of carbonyl (C=O) groups is 1. The van der Waals surface area contributed by atoms with Crippen molar-refractivity contribution in [2.45, 2.75) is 110 Å². The maximum atomic E-state index is 10.6. The molecule has 1 amide bonds. The maximum Gasteiger partial charge on any atom is 0.264 e. The van der Waals surface area contributed by atoms with Gasteiger partial charge in [-0.3, -0.25) is 13.9 Å². The molecule has 0 saturated carbocycles. The van der Waals surface area contributed by atoms with Crippen molar-refractivity contribution in [3.63, 3.8) is 0 Å². The van der Waals surface area contributed by atoms with Crippen LogP contribution in [0.25, 0.3) is 11.1 Å². The van der Waals surface area contributed by atoms with Gasteiger partial charge in [-0.15, -0.1) is 0 Å². The van der Waals surface area contributed by atoms with Crippen LogP contribution in [-0.4, -0.2) is 103 Å². The summed E-state index contributed by atoms with van der Waals surface area (Å²) in [6.45, 7) is 25.4. The molecule has 1 heterocycles. The minimum absolute atomic E-state index is 0.0286. The lowest BCUT2D eigenvalue weighted by Crippen LogP contribution is -2.39. The van der Waals surface area contributed by atoms with Crippen LogP contribution in [0.1, 0.15) is 97.9 Å². The summed E-state index contributed by atoms with van der Waals surface area (Å²) in [6.07, 6.45) is 1.55. The fourth-order valence-corrected chi connectivity index (χ4v) is 7.69. The number of rotatable bonds is 12. The van der Waals surface area contributed by atoms with Crippen molar-refractivity contribution in [3.8, 4) is 22.6 Å². The Kier molecular flexibility index (Phi) is 18.5. The highest BCUT2D eigenvalue weighted by Crippen LogP contribution is 2.56. The molecule has 4 N–H and O–H groups in total. The first-order valence-electron chi connectivity index (χ1n) is 21.1. The van der Waals surface area contributed by atoms with E-state index in [9.17, 15) is 23.4 Å². The number of aliphatic hydroxyl groups is 3. The van der Waals surface area contributed by atoms with Gasteiger partial charge in [-0.05, 0) is 132 Å². The van der Waals surface area contributed by atoms with Gasteiger partial charge in [-0.1, -0.05) is 86.3 Å². The van der Waals surface area contributed by atoms with Crippen LogP contribution in [0.3, 0.4) is 0 Å². The van der Waals surface area contributed by atoms with E-state index in [1.165, 1.54) is 41.4 Å². The smallest absolute Gasteiger partial charge is 0.264 e.